The monoisotopic (exact) mass is 177 g/mol. The van der Waals surface area contributed by atoms with Gasteiger partial charge in [-0.15, -0.1) is 12.6 Å². The van der Waals surface area contributed by atoms with Crippen molar-refractivity contribution in [3.8, 4) is 0 Å². The Morgan fingerprint density at radius 3 is 2.55 bits per heavy atom. The summed E-state index contributed by atoms with van der Waals surface area (Å²) in [6.07, 6.45) is 3.32. The molecule has 0 aromatic heterocycles. The molecule has 4 heteroatoms. The molecule has 1 atom stereocenters. The molecule has 1 unspecified atom stereocenters. The fourth-order valence-electron chi connectivity index (χ4n) is 0.751. The lowest BCUT2D eigenvalue weighted by molar-refractivity contribution is -0.139. The van der Waals surface area contributed by atoms with E-state index >= 15 is 0 Å². The molecule has 0 saturated carbocycles. The second kappa shape index (κ2) is 4.62. The Morgan fingerprint density at radius 1 is 1.64 bits per heavy atom. The molecule has 0 saturated heterocycles. The zero-order chi connectivity index (χ0) is 8.91. The molecule has 0 aliphatic heterocycles. The number of carbonyl (C=O) groups is 1. The van der Waals surface area contributed by atoms with Gasteiger partial charge in [-0.25, -0.2) is 4.79 Å². The van der Waals surface area contributed by atoms with Crippen LogP contribution in [0.15, 0.2) is 0 Å². The van der Waals surface area contributed by atoms with Crippen molar-refractivity contribution in [3.05, 3.63) is 0 Å². The van der Waals surface area contributed by atoms with E-state index in [1.165, 1.54) is 0 Å². The number of rotatable bonds is 5. The van der Waals surface area contributed by atoms with Gasteiger partial charge >= 0.3 is 5.97 Å². The summed E-state index contributed by atoms with van der Waals surface area (Å²) >= 11 is 3.83. The Balaban J connectivity index is 3.64. The zero-order valence-corrected chi connectivity index (χ0v) is 7.60. The van der Waals surface area contributed by atoms with Crippen LogP contribution in [0.3, 0.4) is 0 Å². The van der Waals surface area contributed by atoms with E-state index in [0.29, 0.717) is 6.42 Å². The molecule has 0 radical (unpaired) electrons. The van der Waals surface area contributed by atoms with Crippen LogP contribution < -0.4 is 5.73 Å². The number of nitrogens with two attached hydrogens (primary N) is 1. The molecule has 0 spiro atoms. The van der Waals surface area contributed by atoms with Crippen molar-refractivity contribution in [1.29, 1.82) is 0 Å². The molecule has 3 nitrogen and oxygen atoms in total. The van der Waals surface area contributed by atoms with Crippen molar-refractivity contribution in [2.45, 2.75) is 37.5 Å². The molecule has 0 heterocycles. The Labute approximate surface area is 72.4 Å². The van der Waals surface area contributed by atoms with E-state index in [1.807, 2.05) is 0 Å². The normalized spacial score (nSPS) is 15.9. The highest BCUT2D eigenvalue weighted by molar-refractivity contribution is 7.82. The minimum atomic E-state index is -1.34. The molecule has 0 aliphatic rings. The fraction of sp³-hybridized carbons (Fsp3) is 0.857. The quantitative estimate of drug-likeness (QED) is 0.336. The molecule has 0 rings (SSSR count). The first kappa shape index (κ1) is 10.8. The molecule has 0 fully saturated rings. The second-order valence-electron chi connectivity index (χ2n) is 2.69. The van der Waals surface area contributed by atoms with E-state index in [2.05, 4.69) is 19.6 Å². The van der Waals surface area contributed by atoms with Gasteiger partial charge in [-0.05, 0) is 6.42 Å². The van der Waals surface area contributed by atoms with Crippen molar-refractivity contribution in [2.24, 2.45) is 5.73 Å². The Kier molecular flexibility index (Phi) is 4.52. The second-order valence-corrected chi connectivity index (χ2v) is 3.48. The average Bonchev–Trinajstić information content (AvgIpc) is 1.88. The first-order chi connectivity index (χ1) is 5.00. The maximum absolute atomic E-state index is 10.4. The van der Waals surface area contributed by atoms with Gasteiger partial charge in [0.2, 0.25) is 0 Å². The number of carboxylic acids is 1. The van der Waals surface area contributed by atoms with Gasteiger partial charge in [-0.3, -0.25) is 0 Å². The SMILES string of the molecule is CCCCCC(N)(S)C(=O)O. The largest absolute Gasteiger partial charge is 0.479 e. The first-order valence-corrected chi connectivity index (χ1v) is 4.20. The lowest BCUT2D eigenvalue weighted by atomic mass is 10.1. The smallest absolute Gasteiger partial charge is 0.333 e. The number of hydrogen-bond donors (Lipinski definition) is 3. The summed E-state index contributed by atoms with van der Waals surface area (Å²) in [5.74, 6) is -1.04. The molecule has 0 bridgehead atoms. The molecular weight excluding hydrogens is 162 g/mol. The molecule has 0 aromatic carbocycles. The van der Waals surface area contributed by atoms with Crippen LogP contribution in [0.25, 0.3) is 0 Å². The summed E-state index contributed by atoms with van der Waals surface area (Å²) in [6, 6.07) is 0. The summed E-state index contributed by atoms with van der Waals surface area (Å²) in [5, 5.41) is 8.54. The third kappa shape index (κ3) is 4.27. The summed E-state index contributed by atoms with van der Waals surface area (Å²) in [4.78, 5) is 9.08. The van der Waals surface area contributed by atoms with Gasteiger partial charge in [-0.1, -0.05) is 26.2 Å². The van der Waals surface area contributed by atoms with E-state index in [-0.39, 0.29) is 0 Å². The Bertz CT molecular complexity index is 136. The Hall–Kier alpha value is -0.220. The number of unbranched alkanes of at least 4 members (excludes halogenated alkanes) is 2. The maximum Gasteiger partial charge on any atom is 0.333 e. The Morgan fingerprint density at radius 2 is 2.18 bits per heavy atom. The molecule has 11 heavy (non-hydrogen) atoms. The lowest BCUT2D eigenvalue weighted by Crippen LogP contribution is -2.42. The summed E-state index contributed by atoms with van der Waals surface area (Å²) < 4.78 is 0. The topological polar surface area (TPSA) is 63.3 Å². The van der Waals surface area contributed by atoms with Crippen molar-refractivity contribution < 1.29 is 9.90 Å². The van der Waals surface area contributed by atoms with Crippen LogP contribution in [0.5, 0.6) is 0 Å². The van der Waals surface area contributed by atoms with Crippen LogP contribution in [-0.2, 0) is 4.79 Å². The number of hydrogen-bond acceptors (Lipinski definition) is 3. The maximum atomic E-state index is 10.4. The van der Waals surface area contributed by atoms with Crippen LogP contribution in [0.1, 0.15) is 32.6 Å². The van der Waals surface area contributed by atoms with Crippen LogP contribution in [0.4, 0.5) is 0 Å². The molecule has 0 amide bonds. The van der Waals surface area contributed by atoms with Gasteiger partial charge in [-0.2, -0.15) is 0 Å². The molecule has 0 aliphatic carbocycles. The van der Waals surface area contributed by atoms with E-state index in [4.69, 9.17) is 10.8 Å². The summed E-state index contributed by atoms with van der Waals surface area (Å²) in [7, 11) is 0. The highest BCUT2D eigenvalue weighted by Crippen LogP contribution is 2.16. The highest BCUT2D eigenvalue weighted by atomic mass is 32.1. The van der Waals surface area contributed by atoms with Gasteiger partial charge < -0.3 is 10.8 Å². The predicted octanol–water partition coefficient (Wildman–Crippen LogP) is 1.24. The summed E-state index contributed by atoms with van der Waals surface area (Å²) in [5.41, 5.74) is 5.36. The van der Waals surface area contributed by atoms with Crippen molar-refractivity contribution in [2.75, 3.05) is 0 Å². The minimum Gasteiger partial charge on any atom is -0.479 e. The first-order valence-electron chi connectivity index (χ1n) is 3.75. The standard InChI is InChI=1S/C7H15NO2S/c1-2-3-4-5-7(8,11)6(9)10/h11H,2-5,8H2,1H3,(H,9,10). The zero-order valence-electron chi connectivity index (χ0n) is 6.71. The summed E-state index contributed by atoms with van der Waals surface area (Å²) in [6.45, 7) is 2.05. The van der Waals surface area contributed by atoms with Crippen LogP contribution in [0.2, 0.25) is 0 Å². The van der Waals surface area contributed by atoms with Crippen LogP contribution in [-0.4, -0.2) is 15.9 Å². The van der Waals surface area contributed by atoms with Crippen molar-refractivity contribution >= 4 is 18.6 Å². The minimum absolute atomic E-state index is 0.430. The fourth-order valence-corrected chi connectivity index (χ4v) is 0.910. The molecule has 3 N–H and O–H groups in total. The molecule has 0 aromatic rings. The molecule has 66 valence electrons. The third-order valence-corrected chi connectivity index (χ3v) is 1.95. The van der Waals surface area contributed by atoms with Gasteiger partial charge in [0.15, 0.2) is 4.87 Å². The third-order valence-electron chi connectivity index (χ3n) is 1.53. The van der Waals surface area contributed by atoms with E-state index in [1.54, 1.807) is 0 Å². The number of aliphatic carboxylic acids is 1. The van der Waals surface area contributed by atoms with Gasteiger partial charge in [0, 0.05) is 0 Å². The van der Waals surface area contributed by atoms with Gasteiger partial charge in [0.25, 0.3) is 0 Å². The van der Waals surface area contributed by atoms with Crippen molar-refractivity contribution in [3.63, 3.8) is 0 Å². The van der Waals surface area contributed by atoms with E-state index in [0.717, 1.165) is 19.3 Å². The predicted molar refractivity (Wildman–Crippen MR) is 47.7 cm³/mol. The molecular formula is C7H15NO2S. The van der Waals surface area contributed by atoms with Gasteiger partial charge in [0.05, 0.1) is 0 Å². The number of thiol groups is 1. The van der Waals surface area contributed by atoms with E-state index < -0.39 is 10.8 Å². The van der Waals surface area contributed by atoms with E-state index in [9.17, 15) is 4.79 Å². The highest BCUT2D eigenvalue weighted by Gasteiger charge is 2.27. The van der Waals surface area contributed by atoms with Gasteiger partial charge in [0.1, 0.15) is 0 Å². The van der Waals surface area contributed by atoms with Crippen LogP contribution >= 0.6 is 12.6 Å². The van der Waals surface area contributed by atoms with Crippen molar-refractivity contribution in [1.82, 2.24) is 0 Å². The average molecular weight is 177 g/mol. The lowest BCUT2D eigenvalue weighted by Gasteiger charge is -2.17. The number of carboxylic acid groups (broad SMARTS) is 1. The van der Waals surface area contributed by atoms with Crippen LogP contribution in [0, 0.1) is 0 Å².